The minimum Gasteiger partial charge on any atom is -0.313 e. The summed E-state index contributed by atoms with van der Waals surface area (Å²) in [6.45, 7) is 0. The standard InChI is InChI=1S/C15H14BrClFN/c1-19-15(8-10-2-5-12(18)6-3-10)11-4-7-14(17)13(16)9-11/h2-7,9,15,19H,8H2,1H3. The minimum atomic E-state index is -0.209. The van der Waals surface area contributed by atoms with E-state index in [2.05, 4.69) is 21.2 Å². The SMILES string of the molecule is CNC(Cc1ccc(F)cc1)c1ccc(Cl)c(Br)c1. The molecule has 2 rings (SSSR count). The fourth-order valence-electron chi connectivity index (χ4n) is 1.97. The molecular weight excluding hydrogens is 329 g/mol. The van der Waals surface area contributed by atoms with Gasteiger partial charge in [-0.15, -0.1) is 0 Å². The summed E-state index contributed by atoms with van der Waals surface area (Å²) in [5.74, 6) is -0.209. The summed E-state index contributed by atoms with van der Waals surface area (Å²) in [5, 5.41) is 3.97. The zero-order chi connectivity index (χ0) is 13.8. The van der Waals surface area contributed by atoms with Crippen molar-refractivity contribution in [1.29, 1.82) is 0 Å². The first-order valence-electron chi connectivity index (χ1n) is 5.97. The van der Waals surface area contributed by atoms with Crippen LogP contribution in [-0.2, 0) is 6.42 Å². The van der Waals surface area contributed by atoms with E-state index in [1.54, 1.807) is 0 Å². The van der Waals surface area contributed by atoms with Gasteiger partial charge in [0.1, 0.15) is 5.82 Å². The van der Waals surface area contributed by atoms with Crippen LogP contribution in [0, 0.1) is 5.82 Å². The zero-order valence-corrected chi connectivity index (χ0v) is 12.8. The van der Waals surface area contributed by atoms with Crippen molar-refractivity contribution in [2.45, 2.75) is 12.5 Å². The summed E-state index contributed by atoms with van der Waals surface area (Å²) < 4.78 is 13.8. The summed E-state index contributed by atoms with van der Waals surface area (Å²) in [5.41, 5.74) is 2.23. The number of likely N-dealkylation sites (N-methyl/N-ethyl adjacent to an activating group) is 1. The van der Waals surface area contributed by atoms with Gasteiger partial charge in [0, 0.05) is 10.5 Å². The van der Waals surface area contributed by atoms with Crippen LogP contribution in [0.1, 0.15) is 17.2 Å². The van der Waals surface area contributed by atoms with Gasteiger partial charge in [-0.3, -0.25) is 0 Å². The van der Waals surface area contributed by atoms with E-state index in [1.165, 1.54) is 12.1 Å². The Hall–Kier alpha value is -0.900. The van der Waals surface area contributed by atoms with E-state index in [-0.39, 0.29) is 11.9 Å². The molecule has 1 N–H and O–H groups in total. The van der Waals surface area contributed by atoms with E-state index in [4.69, 9.17) is 11.6 Å². The number of rotatable bonds is 4. The molecule has 0 saturated heterocycles. The Morgan fingerprint density at radius 2 is 1.89 bits per heavy atom. The Kier molecular flexibility index (Phi) is 4.97. The topological polar surface area (TPSA) is 12.0 Å². The van der Waals surface area contributed by atoms with Crippen molar-refractivity contribution in [3.05, 3.63) is 68.9 Å². The third-order valence-electron chi connectivity index (χ3n) is 3.05. The molecule has 0 aromatic heterocycles. The second-order valence-corrected chi connectivity index (χ2v) is 5.61. The highest BCUT2D eigenvalue weighted by Gasteiger charge is 2.11. The first-order valence-corrected chi connectivity index (χ1v) is 7.14. The van der Waals surface area contributed by atoms with Gasteiger partial charge in [0.25, 0.3) is 0 Å². The van der Waals surface area contributed by atoms with Crippen LogP contribution in [-0.4, -0.2) is 7.05 Å². The number of hydrogen-bond acceptors (Lipinski definition) is 1. The molecule has 2 aromatic carbocycles. The molecule has 0 amide bonds. The third-order valence-corrected chi connectivity index (χ3v) is 4.26. The molecule has 0 radical (unpaired) electrons. The molecule has 0 saturated carbocycles. The molecule has 0 aliphatic heterocycles. The summed E-state index contributed by atoms with van der Waals surface area (Å²) in [7, 11) is 1.91. The Morgan fingerprint density at radius 1 is 1.21 bits per heavy atom. The lowest BCUT2D eigenvalue weighted by atomic mass is 9.99. The molecule has 0 aliphatic carbocycles. The van der Waals surface area contributed by atoms with E-state index in [9.17, 15) is 4.39 Å². The molecule has 1 nitrogen and oxygen atoms in total. The van der Waals surface area contributed by atoms with Crippen molar-refractivity contribution >= 4 is 27.5 Å². The second-order valence-electron chi connectivity index (χ2n) is 4.35. The molecule has 4 heteroatoms. The normalized spacial score (nSPS) is 12.4. The first kappa shape index (κ1) is 14.5. The molecule has 100 valence electrons. The zero-order valence-electron chi connectivity index (χ0n) is 10.5. The number of benzene rings is 2. The fraction of sp³-hybridized carbons (Fsp3) is 0.200. The van der Waals surface area contributed by atoms with Gasteiger partial charge in [-0.2, -0.15) is 0 Å². The average Bonchev–Trinajstić information content (AvgIpc) is 2.41. The van der Waals surface area contributed by atoms with Gasteiger partial charge in [0.2, 0.25) is 0 Å². The maximum atomic E-state index is 12.9. The van der Waals surface area contributed by atoms with Gasteiger partial charge in [-0.1, -0.05) is 29.8 Å². The van der Waals surface area contributed by atoms with Crippen LogP contribution in [0.4, 0.5) is 4.39 Å². The van der Waals surface area contributed by atoms with Gasteiger partial charge in [-0.25, -0.2) is 4.39 Å². The van der Waals surface area contributed by atoms with Gasteiger partial charge in [0.15, 0.2) is 0 Å². The van der Waals surface area contributed by atoms with Crippen LogP contribution in [0.2, 0.25) is 5.02 Å². The van der Waals surface area contributed by atoms with Crippen molar-refractivity contribution in [2.75, 3.05) is 7.05 Å². The van der Waals surface area contributed by atoms with Crippen molar-refractivity contribution in [2.24, 2.45) is 0 Å². The quantitative estimate of drug-likeness (QED) is 0.846. The first-order chi connectivity index (χ1) is 9.10. The van der Waals surface area contributed by atoms with Crippen LogP contribution >= 0.6 is 27.5 Å². The summed E-state index contributed by atoms with van der Waals surface area (Å²) >= 11 is 9.43. The molecule has 0 fully saturated rings. The van der Waals surface area contributed by atoms with Crippen molar-refractivity contribution < 1.29 is 4.39 Å². The summed E-state index contributed by atoms with van der Waals surface area (Å²) in [6.07, 6.45) is 0.796. The van der Waals surface area contributed by atoms with E-state index in [1.807, 2.05) is 37.4 Å². The van der Waals surface area contributed by atoms with E-state index >= 15 is 0 Å². The second kappa shape index (κ2) is 6.51. The van der Waals surface area contributed by atoms with Crippen LogP contribution in [0.25, 0.3) is 0 Å². The molecule has 2 aromatic rings. The fourth-order valence-corrected chi connectivity index (χ4v) is 2.49. The maximum Gasteiger partial charge on any atom is 0.123 e. The van der Waals surface area contributed by atoms with Crippen LogP contribution in [0.3, 0.4) is 0 Å². The highest BCUT2D eigenvalue weighted by molar-refractivity contribution is 9.10. The van der Waals surface area contributed by atoms with Crippen LogP contribution < -0.4 is 5.32 Å². The van der Waals surface area contributed by atoms with Crippen LogP contribution in [0.15, 0.2) is 46.9 Å². The predicted molar refractivity (Wildman–Crippen MR) is 81.1 cm³/mol. The van der Waals surface area contributed by atoms with Crippen LogP contribution in [0.5, 0.6) is 0 Å². The Morgan fingerprint density at radius 3 is 2.47 bits per heavy atom. The van der Waals surface area contributed by atoms with Gasteiger partial charge in [-0.05, 0) is 64.8 Å². The lowest BCUT2D eigenvalue weighted by Gasteiger charge is -2.17. The number of nitrogens with one attached hydrogen (secondary N) is 1. The highest BCUT2D eigenvalue weighted by atomic mass is 79.9. The predicted octanol–water partition coefficient (Wildman–Crippen LogP) is 4.74. The maximum absolute atomic E-state index is 12.9. The van der Waals surface area contributed by atoms with Gasteiger partial charge >= 0.3 is 0 Å². The lowest BCUT2D eigenvalue weighted by Crippen LogP contribution is -2.18. The molecule has 0 heterocycles. The van der Waals surface area contributed by atoms with E-state index in [0.29, 0.717) is 5.02 Å². The smallest absolute Gasteiger partial charge is 0.123 e. The molecule has 0 bridgehead atoms. The van der Waals surface area contributed by atoms with Crippen molar-refractivity contribution in [3.63, 3.8) is 0 Å². The highest BCUT2D eigenvalue weighted by Crippen LogP contribution is 2.27. The Bertz CT molecular complexity index is 557. The Labute approximate surface area is 125 Å². The largest absolute Gasteiger partial charge is 0.313 e. The lowest BCUT2D eigenvalue weighted by molar-refractivity contribution is 0.588. The van der Waals surface area contributed by atoms with Gasteiger partial charge < -0.3 is 5.32 Å². The minimum absolute atomic E-state index is 0.166. The third kappa shape index (κ3) is 3.78. The summed E-state index contributed by atoms with van der Waals surface area (Å²) in [4.78, 5) is 0. The molecule has 0 spiro atoms. The molecule has 19 heavy (non-hydrogen) atoms. The number of halogens is 3. The molecule has 1 unspecified atom stereocenters. The Balaban J connectivity index is 2.19. The van der Waals surface area contributed by atoms with Crippen molar-refractivity contribution in [3.8, 4) is 0 Å². The van der Waals surface area contributed by atoms with E-state index < -0.39 is 0 Å². The molecule has 1 atom stereocenters. The molecular formula is C15H14BrClFN. The van der Waals surface area contributed by atoms with Gasteiger partial charge in [0.05, 0.1) is 5.02 Å². The number of hydrogen-bond donors (Lipinski definition) is 1. The average molecular weight is 343 g/mol. The molecule has 0 aliphatic rings. The monoisotopic (exact) mass is 341 g/mol. The van der Waals surface area contributed by atoms with Crippen molar-refractivity contribution in [1.82, 2.24) is 5.32 Å². The summed E-state index contributed by atoms with van der Waals surface area (Å²) in [6, 6.07) is 12.6. The van der Waals surface area contributed by atoms with E-state index in [0.717, 1.165) is 22.0 Å².